The maximum atomic E-state index is 12.6. The Kier molecular flexibility index (Phi) is 7.87. The summed E-state index contributed by atoms with van der Waals surface area (Å²) in [4.78, 5) is 12.1. The van der Waals surface area contributed by atoms with Gasteiger partial charge in [0.25, 0.3) is 0 Å². The van der Waals surface area contributed by atoms with E-state index < -0.39 is 10.0 Å². The van der Waals surface area contributed by atoms with E-state index in [1.807, 2.05) is 19.1 Å². The molecule has 1 saturated heterocycles. The van der Waals surface area contributed by atoms with Crippen LogP contribution >= 0.6 is 0 Å². The van der Waals surface area contributed by atoms with Crippen LogP contribution in [-0.4, -0.2) is 51.4 Å². The summed E-state index contributed by atoms with van der Waals surface area (Å²) in [5.41, 5.74) is 0.972. The van der Waals surface area contributed by atoms with Gasteiger partial charge < -0.3 is 10.6 Å². The first kappa shape index (κ1) is 19.9. The molecule has 2 N–H and O–H groups in total. The fourth-order valence-electron chi connectivity index (χ4n) is 2.90. The Morgan fingerprint density at radius 1 is 1.08 bits per heavy atom. The smallest absolute Gasteiger partial charge is 0.243 e. The summed E-state index contributed by atoms with van der Waals surface area (Å²) in [6, 6.07) is 6.93. The molecule has 0 spiro atoms. The second-order valence-corrected chi connectivity index (χ2v) is 8.25. The number of aryl methyl sites for hydroxylation is 1. The van der Waals surface area contributed by atoms with Crippen LogP contribution in [0.3, 0.4) is 0 Å². The van der Waals surface area contributed by atoms with Gasteiger partial charge in [0, 0.05) is 32.6 Å². The lowest BCUT2D eigenvalue weighted by Gasteiger charge is -2.25. The highest BCUT2D eigenvalue weighted by Crippen LogP contribution is 2.21. The lowest BCUT2D eigenvalue weighted by molar-refractivity contribution is -0.121. The topological polar surface area (TPSA) is 78.5 Å². The molecule has 25 heavy (non-hydrogen) atoms. The van der Waals surface area contributed by atoms with Crippen LogP contribution in [0.5, 0.6) is 0 Å². The Morgan fingerprint density at radius 2 is 1.76 bits per heavy atom. The highest BCUT2D eigenvalue weighted by atomic mass is 32.2. The van der Waals surface area contributed by atoms with Crippen molar-refractivity contribution in [2.75, 3.05) is 32.7 Å². The zero-order valence-corrected chi connectivity index (χ0v) is 15.8. The summed E-state index contributed by atoms with van der Waals surface area (Å²) in [5, 5.41) is 6.01. The molecule has 1 aliphatic rings. The van der Waals surface area contributed by atoms with Crippen molar-refractivity contribution in [3.8, 4) is 0 Å². The molecule has 0 aromatic heterocycles. The monoisotopic (exact) mass is 367 g/mol. The molecule has 1 heterocycles. The Balaban J connectivity index is 1.84. The number of piperidine rings is 1. The maximum absolute atomic E-state index is 12.6. The zero-order chi connectivity index (χ0) is 18.1. The van der Waals surface area contributed by atoms with Crippen LogP contribution in [0, 0.1) is 0 Å². The number of hydrogen-bond acceptors (Lipinski definition) is 4. The number of carbonyl (C=O) groups excluding carboxylic acids is 1. The highest BCUT2D eigenvalue weighted by Gasteiger charge is 2.25. The Bertz CT molecular complexity index is 638. The van der Waals surface area contributed by atoms with Crippen molar-refractivity contribution in [1.82, 2.24) is 14.9 Å². The number of sulfonamides is 1. The van der Waals surface area contributed by atoms with E-state index in [-0.39, 0.29) is 5.91 Å². The van der Waals surface area contributed by atoms with Crippen LogP contribution in [-0.2, 0) is 21.2 Å². The van der Waals surface area contributed by atoms with Gasteiger partial charge in [0.2, 0.25) is 15.9 Å². The average molecular weight is 368 g/mol. The van der Waals surface area contributed by atoms with Crippen molar-refractivity contribution < 1.29 is 13.2 Å². The van der Waals surface area contributed by atoms with Crippen molar-refractivity contribution in [3.63, 3.8) is 0 Å². The number of amides is 1. The zero-order valence-electron chi connectivity index (χ0n) is 15.0. The molecule has 1 aromatic carbocycles. The van der Waals surface area contributed by atoms with Gasteiger partial charge in [-0.1, -0.05) is 25.5 Å². The predicted octanol–water partition coefficient (Wildman–Crippen LogP) is 1.52. The van der Waals surface area contributed by atoms with E-state index in [4.69, 9.17) is 0 Å². The first-order chi connectivity index (χ1) is 12.0. The number of nitrogens with zero attached hydrogens (tertiary/aromatic N) is 1. The van der Waals surface area contributed by atoms with Crippen molar-refractivity contribution in [1.29, 1.82) is 0 Å². The van der Waals surface area contributed by atoms with Crippen LogP contribution in [0.15, 0.2) is 29.2 Å². The number of benzene rings is 1. The minimum atomic E-state index is -3.38. The van der Waals surface area contributed by atoms with Gasteiger partial charge in [-0.25, -0.2) is 8.42 Å². The van der Waals surface area contributed by atoms with Gasteiger partial charge in [-0.15, -0.1) is 0 Å². The summed E-state index contributed by atoms with van der Waals surface area (Å²) in [7, 11) is -3.38. The molecule has 2 rings (SSSR count). The summed E-state index contributed by atoms with van der Waals surface area (Å²) in [6.45, 7) is 5.53. The molecular weight excluding hydrogens is 338 g/mol. The molecule has 0 radical (unpaired) electrons. The number of nitrogens with one attached hydrogen (secondary N) is 2. The maximum Gasteiger partial charge on any atom is 0.243 e. The minimum Gasteiger partial charge on any atom is -0.355 e. The molecule has 6 nitrogen and oxygen atoms in total. The fraction of sp³-hybridized carbons (Fsp3) is 0.611. The van der Waals surface area contributed by atoms with Crippen LogP contribution in [0.1, 0.15) is 38.2 Å². The highest BCUT2D eigenvalue weighted by molar-refractivity contribution is 7.89. The third kappa shape index (κ3) is 6.09. The van der Waals surface area contributed by atoms with Crippen molar-refractivity contribution in [3.05, 3.63) is 29.8 Å². The van der Waals surface area contributed by atoms with Gasteiger partial charge in [0.05, 0.1) is 4.90 Å². The van der Waals surface area contributed by atoms with Gasteiger partial charge in [-0.2, -0.15) is 4.31 Å². The van der Waals surface area contributed by atoms with Gasteiger partial charge >= 0.3 is 0 Å². The largest absolute Gasteiger partial charge is 0.355 e. The van der Waals surface area contributed by atoms with Crippen LogP contribution < -0.4 is 10.6 Å². The third-order valence-electron chi connectivity index (χ3n) is 4.39. The number of hydrogen-bond donors (Lipinski definition) is 2. The molecule has 0 aliphatic carbocycles. The molecule has 1 amide bonds. The van der Waals surface area contributed by atoms with E-state index in [0.29, 0.717) is 37.4 Å². The summed E-state index contributed by atoms with van der Waals surface area (Å²) in [5.74, 6) is 0.0166. The normalized spacial score (nSPS) is 15.9. The lowest BCUT2D eigenvalue weighted by atomic mass is 10.1. The molecule has 0 unspecified atom stereocenters. The van der Waals surface area contributed by atoms with E-state index in [1.54, 1.807) is 16.4 Å². The first-order valence-corrected chi connectivity index (χ1v) is 10.5. The van der Waals surface area contributed by atoms with Gasteiger partial charge in [0.15, 0.2) is 0 Å². The molecule has 0 saturated carbocycles. The number of likely N-dealkylation sites (N-methyl/N-ethyl adjacent to an activating group) is 1. The second-order valence-electron chi connectivity index (χ2n) is 6.31. The Morgan fingerprint density at radius 3 is 2.40 bits per heavy atom. The third-order valence-corrected chi connectivity index (χ3v) is 6.30. The predicted molar refractivity (Wildman–Crippen MR) is 98.9 cm³/mol. The fourth-order valence-corrected chi connectivity index (χ4v) is 4.41. The van der Waals surface area contributed by atoms with Crippen molar-refractivity contribution in [2.24, 2.45) is 0 Å². The second kappa shape index (κ2) is 9.89. The quantitative estimate of drug-likeness (QED) is 0.649. The summed E-state index contributed by atoms with van der Waals surface area (Å²) in [6.07, 6.45) is 3.98. The standard InChI is InChI=1S/C18H29N3O3S/c1-2-19-12-13-20-18(22)11-8-16-6-9-17(10-7-16)25(23,24)21-14-4-3-5-15-21/h6-7,9-10,19H,2-5,8,11-15H2,1H3,(H,20,22). The SMILES string of the molecule is CCNCCNC(=O)CCc1ccc(S(=O)(=O)N2CCCCC2)cc1. The Labute approximate surface area is 151 Å². The lowest BCUT2D eigenvalue weighted by Crippen LogP contribution is -2.35. The average Bonchev–Trinajstić information content (AvgIpc) is 2.64. The summed E-state index contributed by atoms with van der Waals surface area (Å²) >= 11 is 0. The molecule has 0 atom stereocenters. The van der Waals surface area contributed by atoms with Crippen LogP contribution in [0.4, 0.5) is 0 Å². The minimum absolute atomic E-state index is 0.0166. The molecule has 7 heteroatoms. The van der Waals surface area contributed by atoms with Crippen molar-refractivity contribution >= 4 is 15.9 Å². The number of carbonyl (C=O) groups is 1. The number of rotatable bonds is 9. The molecule has 1 fully saturated rings. The van der Waals surface area contributed by atoms with E-state index in [0.717, 1.165) is 37.9 Å². The van der Waals surface area contributed by atoms with Gasteiger partial charge in [0.1, 0.15) is 0 Å². The van der Waals surface area contributed by atoms with Gasteiger partial charge in [-0.05, 0) is 43.5 Å². The van der Waals surface area contributed by atoms with E-state index in [1.165, 1.54) is 0 Å². The molecular formula is C18H29N3O3S. The first-order valence-electron chi connectivity index (χ1n) is 9.10. The van der Waals surface area contributed by atoms with Crippen LogP contribution in [0.25, 0.3) is 0 Å². The molecule has 1 aliphatic heterocycles. The van der Waals surface area contributed by atoms with Crippen LogP contribution in [0.2, 0.25) is 0 Å². The van der Waals surface area contributed by atoms with E-state index >= 15 is 0 Å². The van der Waals surface area contributed by atoms with E-state index in [9.17, 15) is 13.2 Å². The molecule has 1 aromatic rings. The van der Waals surface area contributed by atoms with Gasteiger partial charge in [-0.3, -0.25) is 4.79 Å². The Hall–Kier alpha value is -1.44. The van der Waals surface area contributed by atoms with E-state index in [2.05, 4.69) is 10.6 Å². The van der Waals surface area contributed by atoms with Crippen molar-refractivity contribution in [2.45, 2.75) is 43.9 Å². The summed E-state index contributed by atoms with van der Waals surface area (Å²) < 4.78 is 26.8. The molecule has 0 bridgehead atoms. The molecule has 140 valence electrons.